The summed E-state index contributed by atoms with van der Waals surface area (Å²) in [6.07, 6.45) is 1.16. The van der Waals surface area contributed by atoms with Gasteiger partial charge in [-0.1, -0.05) is 13.8 Å². The summed E-state index contributed by atoms with van der Waals surface area (Å²) in [6, 6.07) is -0.247. The lowest BCUT2D eigenvalue weighted by atomic mass is 10.1. The third kappa shape index (κ3) is 3.47. The number of aliphatic hydroxyl groups excluding tert-OH is 1. The van der Waals surface area contributed by atoms with Gasteiger partial charge in [0.1, 0.15) is 6.04 Å². The lowest BCUT2D eigenvalue weighted by molar-refractivity contribution is -0.145. The number of rotatable bonds is 4. The van der Waals surface area contributed by atoms with Gasteiger partial charge in [-0.15, -0.1) is 0 Å². The number of aliphatic hydroxyl groups is 1. The van der Waals surface area contributed by atoms with Crippen LogP contribution in [0.4, 0.5) is 0 Å². The molecule has 0 bridgehead atoms. The number of hydrogen-bond acceptors (Lipinski definition) is 4. The zero-order valence-corrected chi connectivity index (χ0v) is 9.77. The first-order valence-electron chi connectivity index (χ1n) is 5.54. The zero-order chi connectivity index (χ0) is 11.4. The van der Waals surface area contributed by atoms with Gasteiger partial charge in [0.25, 0.3) is 0 Å². The number of carbonyl (C=O) groups excluding carboxylic acids is 1. The molecule has 0 aromatic heterocycles. The van der Waals surface area contributed by atoms with Gasteiger partial charge in [0.05, 0.1) is 13.2 Å². The molecule has 0 radical (unpaired) electrons. The van der Waals surface area contributed by atoms with Crippen molar-refractivity contribution in [2.45, 2.75) is 38.8 Å². The Bertz CT molecular complexity index is 218. The molecule has 1 saturated heterocycles. The normalized spacial score (nSPS) is 27.3. The molecule has 1 aliphatic rings. The highest BCUT2D eigenvalue weighted by Gasteiger charge is 2.36. The monoisotopic (exact) mass is 215 g/mol. The van der Waals surface area contributed by atoms with Crippen molar-refractivity contribution in [3.05, 3.63) is 0 Å². The number of hydrogen-bond donors (Lipinski definition) is 1. The number of ether oxygens (including phenoxy) is 1. The molecule has 4 nitrogen and oxygen atoms in total. The molecule has 0 spiro atoms. The van der Waals surface area contributed by atoms with Gasteiger partial charge in [-0.05, 0) is 18.9 Å². The van der Waals surface area contributed by atoms with Crippen molar-refractivity contribution >= 4 is 5.97 Å². The van der Waals surface area contributed by atoms with Crippen LogP contribution in [0.3, 0.4) is 0 Å². The molecule has 15 heavy (non-hydrogen) atoms. The van der Waals surface area contributed by atoms with Crippen molar-refractivity contribution in [1.29, 1.82) is 0 Å². The smallest absolute Gasteiger partial charge is 0.323 e. The number of methoxy groups -OCH3 is 1. The van der Waals surface area contributed by atoms with Gasteiger partial charge < -0.3 is 9.84 Å². The molecule has 0 saturated carbocycles. The summed E-state index contributed by atoms with van der Waals surface area (Å²) in [5, 5.41) is 9.53. The Balaban J connectivity index is 2.49. The molecule has 0 aliphatic carbocycles. The Labute approximate surface area is 91.2 Å². The molecule has 1 heterocycles. The summed E-state index contributed by atoms with van der Waals surface area (Å²) < 4.78 is 4.73. The van der Waals surface area contributed by atoms with Crippen LogP contribution in [0, 0.1) is 5.92 Å². The first-order valence-corrected chi connectivity index (χ1v) is 5.54. The summed E-state index contributed by atoms with van der Waals surface area (Å²) in [5.41, 5.74) is 0. The SMILES string of the molecule is COC(=O)C1C[C@@H](O)CN1CCC(C)C. The van der Waals surface area contributed by atoms with E-state index in [2.05, 4.69) is 13.8 Å². The molecule has 0 aromatic rings. The van der Waals surface area contributed by atoms with E-state index in [1.165, 1.54) is 7.11 Å². The van der Waals surface area contributed by atoms with Crippen LogP contribution < -0.4 is 0 Å². The second-order valence-electron chi connectivity index (χ2n) is 4.61. The largest absolute Gasteiger partial charge is 0.468 e. The number of nitrogens with zero attached hydrogens (tertiary/aromatic N) is 1. The number of likely N-dealkylation sites (tertiary alicyclic amines) is 1. The van der Waals surface area contributed by atoms with E-state index in [1.54, 1.807) is 0 Å². The maximum absolute atomic E-state index is 11.4. The number of carbonyl (C=O) groups is 1. The van der Waals surface area contributed by atoms with Gasteiger partial charge in [0, 0.05) is 13.0 Å². The molecule has 1 aliphatic heterocycles. The van der Waals surface area contributed by atoms with Crippen LogP contribution in [-0.2, 0) is 9.53 Å². The highest BCUT2D eigenvalue weighted by molar-refractivity contribution is 5.76. The minimum Gasteiger partial charge on any atom is -0.468 e. The predicted molar refractivity (Wildman–Crippen MR) is 57.5 cm³/mol. The zero-order valence-electron chi connectivity index (χ0n) is 9.77. The van der Waals surface area contributed by atoms with Crippen molar-refractivity contribution in [3.63, 3.8) is 0 Å². The van der Waals surface area contributed by atoms with E-state index in [0.29, 0.717) is 18.9 Å². The molecule has 4 heteroatoms. The lowest BCUT2D eigenvalue weighted by Gasteiger charge is -2.22. The Hall–Kier alpha value is -0.610. The van der Waals surface area contributed by atoms with Crippen molar-refractivity contribution in [2.75, 3.05) is 20.2 Å². The number of esters is 1. The van der Waals surface area contributed by atoms with E-state index in [9.17, 15) is 9.90 Å². The minimum absolute atomic E-state index is 0.227. The van der Waals surface area contributed by atoms with Crippen LogP contribution in [0.1, 0.15) is 26.7 Å². The Morgan fingerprint density at radius 2 is 2.27 bits per heavy atom. The van der Waals surface area contributed by atoms with E-state index >= 15 is 0 Å². The third-order valence-electron chi connectivity index (χ3n) is 2.85. The van der Waals surface area contributed by atoms with E-state index in [4.69, 9.17) is 4.74 Å². The quantitative estimate of drug-likeness (QED) is 0.699. The Kier molecular flexibility index (Phi) is 4.54. The van der Waals surface area contributed by atoms with Crippen molar-refractivity contribution in [3.8, 4) is 0 Å². The second kappa shape index (κ2) is 5.47. The van der Waals surface area contributed by atoms with E-state index in [-0.39, 0.29) is 18.1 Å². The van der Waals surface area contributed by atoms with Gasteiger partial charge in [-0.3, -0.25) is 9.69 Å². The van der Waals surface area contributed by atoms with Gasteiger partial charge in [0.15, 0.2) is 0 Å². The lowest BCUT2D eigenvalue weighted by Crippen LogP contribution is -2.37. The second-order valence-corrected chi connectivity index (χ2v) is 4.61. The predicted octanol–water partition coefficient (Wildman–Crippen LogP) is 0.641. The standard InChI is InChI=1S/C11H21NO3/c1-8(2)4-5-12-7-9(13)6-10(12)11(14)15-3/h8-10,13H,4-7H2,1-3H3/t9-,10?/m1/s1. The molecule has 0 aromatic carbocycles. The van der Waals surface area contributed by atoms with Crippen molar-refractivity contribution in [2.24, 2.45) is 5.92 Å². The van der Waals surface area contributed by atoms with E-state index in [1.807, 2.05) is 4.90 Å². The maximum Gasteiger partial charge on any atom is 0.323 e. The van der Waals surface area contributed by atoms with Gasteiger partial charge in [-0.2, -0.15) is 0 Å². The van der Waals surface area contributed by atoms with Crippen molar-refractivity contribution < 1.29 is 14.6 Å². The maximum atomic E-state index is 11.4. The molecule has 88 valence electrons. The van der Waals surface area contributed by atoms with E-state index in [0.717, 1.165) is 13.0 Å². The molecule has 1 fully saturated rings. The van der Waals surface area contributed by atoms with Crippen LogP contribution in [0.5, 0.6) is 0 Å². The molecule has 0 amide bonds. The molecule has 1 rings (SSSR count). The number of β-amino-alcohol motifs (C(OH)–C–C–N with tert-alkyl or cyclic N) is 1. The van der Waals surface area contributed by atoms with Crippen LogP contribution in [-0.4, -0.2) is 48.3 Å². The van der Waals surface area contributed by atoms with Gasteiger partial charge in [0.2, 0.25) is 0 Å². The van der Waals surface area contributed by atoms with Crippen LogP contribution in [0.2, 0.25) is 0 Å². The molecule has 1 N–H and O–H groups in total. The Morgan fingerprint density at radius 3 is 2.80 bits per heavy atom. The van der Waals surface area contributed by atoms with Crippen LogP contribution in [0.25, 0.3) is 0 Å². The fraction of sp³-hybridized carbons (Fsp3) is 0.909. The average molecular weight is 215 g/mol. The molecular formula is C11H21NO3. The third-order valence-corrected chi connectivity index (χ3v) is 2.85. The van der Waals surface area contributed by atoms with Gasteiger partial charge in [-0.25, -0.2) is 0 Å². The van der Waals surface area contributed by atoms with Crippen LogP contribution in [0.15, 0.2) is 0 Å². The summed E-state index contributed by atoms with van der Waals surface area (Å²) in [6.45, 7) is 5.75. The van der Waals surface area contributed by atoms with E-state index < -0.39 is 0 Å². The first-order chi connectivity index (χ1) is 7.04. The molecular weight excluding hydrogens is 194 g/mol. The summed E-state index contributed by atoms with van der Waals surface area (Å²) in [5.74, 6) is 0.386. The summed E-state index contributed by atoms with van der Waals surface area (Å²) in [7, 11) is 1.40. The topological polar surface area (TPSA) is 49.8 Å². The van der Waals surface area contributed by atoms with Crippen molar-refractivity contribution in [1.82, 2.24) is 4.90 Å². The average Bonchev–Trinajstić information content (AvgIpc) is 2.55. The highest BCUT2D eigenvalue weighted by Crippen LogP contribution is 2.20. The summed E-state index contributed by atoms with van der Waals surface area (Å²) in [4.78, 5) is 13.5. The Morgan fingerprint density at radius 1 is 1.60 bits per heavy atom. The highest BCUT2D eigenvalue weighted by atomic mass is 16.5. The molecule has 1 unspecified atom stereocenters. The molecule has 2 atom stereocenters. The van der Waals surface area contributed by atoms with Crippen LogP contribution >= 0.6 is 0 Å². The first kappa shape index (κ1) is 12.5. The van der Waals surface area contributed by atoms with Gasteiger partial charge >= 0.3 is 5.97 Å². The minimum atomic E-state index is -0.388. The summed E-state index contributed by atoms with van der Waals surface area (Å²) >= 11 is 0. The fourth-order valence-electron chi connectivity index (χ4n) is 1.93. The fourth-order valence-corrected chi connectivity index (χ4v) is 1.93.